The van der Waals surface area contributed by atoms with Crippen LogP contribution in [0, 0.1) is 10.8 Å². The van der Waals surface area contributed by atoms with Gasteiger partial charge in [-0.2, -0.15) is 0 Å². The van der Waals surface area contributed by atoms with Crippen LogP contribution in [0.5, 0.6) is 0 Å². The predicted molar refractivity (Wildman–Crippen MR) is 63.9 cm³/mol. The summed E-state index contributed by atoms with van der Waals surface area (Å²) in [6.07, 6.45) is 2.35. The molecule has 0 bridgehead atoms. The summed E-state index contributed by atoms with van der Waals surface area (Å²) in [5, 5.41) is 3.97. The summed E-state index contributed by atoms with van der Waals surface area (Å²) < 4.78 is 0. The van der Waals surface area contributed by atoms with Gasteiger partial charge in [0.25, 0.3) is 0 Å². The summed E-state index contributed by atoms with van der Waals surface area (Å²) in [6, 6.07) is 0.618. The Morgan fingerprint density at radius 1 is 1.36 bits per heavy atom. The van der Waals surface area contributed by atoms with E-state index in [1.165, 1.54) is 6.42 Å². The molecule has 1 fully saturated rings. The van der Waals surface area contributed by atoms with Gasteiger partial charge in [0.2, 0.25) is 0 Å². The Balaban J connectivity index is 2.22. The van der Waals surface area contributed by atoms with Crippen LogP contribution in [0.4, 0.5) is 0 Å². The number of nitrogens with one attached hydrogen (secondary N) is 1. The second kappa shape index (κ2) is 4.02. The van der Waals surface area contributed by atoms with E-state index in [0.29, 0.717) is 16.8 Å². The molecule has 0 aliphatic heterocycles. The molecule has 2 atom stereocenters. The van der Waals surface area contributed by atoms with Crippen LogP contribution in [0.15, 0.2) is 0 Å². The quantitative estimate of drug-likeness (QED) is 0.715. The minimum absolute atomic E-state index is 0.277. The highest BCUT2D eigenvalue weighted by Gasteiger charge is 2.46. The SMILES string of the molecule is CC(C)(C)CCNC1CC(Cl)C1(C)C. The predicted octanol–water partition coefficient (Wildman–Crippen LogP) is 3.42. The van der Waals surface area contributed by atoms with E-state index in [-0.39, 0.29) is 5.41 Å². The molecular formula is C12H24ClN. The van der Waals surface area contributed by atoms with E-state index in [2.05, 4.69) is 39.9 Å². The van der Waals surface area contributed by atoms with Gasteiger partial charge in [-0.3, -0.25) is 0 Å². The molecule has 1 nitrogen and oxygen atoms in total. The zero-order valence-electron chi connectivity index (χ0n) is 10.2. The average Bonchev–Trinajstić information content (AvgIpc) is 2.01. The van der Waals surface area contributed by atoms with Crippen molar-refractivity contribution in [2.75, 3.05) is 6.54 Å². The molecule has 1 aliphatic carbocycles. The maximum Gasteiger partial charge on any atom is 0.0416 e. The summed E-state index contributed by atoms with van der Waals surface area (Å²) in [4.78, 5) is 0. The molecule has 14 heavy (non-hydrogen) atoms. The fraction of sp³-hybridized carbons (Fsp3) is 1.00. The second-order valence-electron chi connectivity index (χ2n) is 6.34. The van der Waals surface area contributed by atoms with E-state index in [1.54, 1.807) is 0 Å². The first-order valence-electron chi connectivity index (χ1n) is 5.61. The van der Waals surface area contributed by atoms with Gasteiger partial charge in [0.05, 0.1) is 0 Å². The number of halogens is 1. The van der Waals surface area contributed by atoms with Crippen molar-refractivity contribution in [2.45, 2.75) is 58.9 Å². The van der Waals surface area contributed by atoms with Crippen LogP contribution >= 0.6 is 11.6 Å². The highest BCUT2D eigenvalue weighted by atomic mass is 35.5. The third-order valence-corrected chi connectivity index (χ3v) is 4.15. The Labute approximate surface area is 93.6 Å². The van der Waals surface area contributed by atoms with E-state index < -0.39 is 0 Å². The Morgan fingerprint density at radius 2 is 1.93 bits per heavy atom. The average molecular weight is 218 g/mol. The van der Waals surface area contributed by atoms with Crippen molar-refractivity contribution in [1.82, 2.24) is 5.32 Å². The summed E-state index contributed by atoms with van der Waals surface area (Å²) in [5.74, 6) is 0. The van der Waals surface area contributed by atoms with Gasteiger partial charge in [-0.25, -0.2) is 0 Å². The first-order valence-corrected chi connectivity index (χ1v) is 6.04. The molecule has 0 saturated heterocycles. The van der Waals surface area contributed by atoms with Crippen molar-refractivity contribution in [3.8, 4) is 0 Å². The minimum Gasteiger partial charge on any atom is -0.313 e. The van der Waals surface area contributed by atoms with Gasteiger partial charge in [-0.05, 0) is 30.2 Å². The lowest BCUT2D eigenvalue weighted by Gasteiger charge is -2.49. The molecule has 1 aliphatic rings. The smallest absolute Gasteiger partial charge is 0.0416 e. The van der Waals surface area contributed by atoms with Crippen LogP contribution in [0.25, 0.3) is 0 Å². The van der Waals surface area contributed by atoms with E-state index >= 15 is 0 Å². The fourth-order valence-electron chi connectivity index (χ4n) is 1.84. The van der Waals surface area contributed by atoms with Gasteiger partial charge >= 0.3 is 0 Å². The zero-order valence-corrected chi connectivity index (χ0v) is 10.9. The fourth-order valence-corrected chi connectivity index (χ4v) is 2.17. The van der Waals surface area contributed by atoms with Crippen molar-refractivity contribution in [3.63, 3.8) is 0 Å². The third kappa shape index (κ3) is 2.87. The van der Waals surface area contributed by atoms with E-state index in [0.717, 1.165) is 13.0 Å². The van der Waals surface area contributed by atoms with E-state index in [9.17, 15) is 0 Å². The molecule has 1 rings (SSSR count). The van der Waals surface area contributed by atoms with Crippen LogP contribution in [0.1, 0.15) is 47.5 Å². The molecule has 0 radical (unpaired) electrons. The molecule has 2 unspecified atom stereocenters. The lowest BCUT2D eigenvalue weighted by Crippen LogP contribution is -2.58. The summed E-state index contributed by atoms with van der Waals surface area (Å²) in [6.45, 7) is 12.5. The monoisotopic (exact) mass is 217 g/mol. The van der Waals surface area contributed by atoms with Gasteiger partial charge in [-0.1, -0.05) is 34.6 Å². The van der Waals surface area contributed by atoms with Crippen LogP contribution in [0.3, 0.4) is 0 Å². The maximum absolute atomic E-state index is 6.16. The molecular weight excluding hydrogens is 194 g/mol. The topological polar surface area (TPSA) is 12.0 Å². The first kappa shape index (κ1) is 12.3. The molecule has 1 saturated carbocycles. The molecule has 0 amide bonds. The van der Waals surface area contributed by atoms with Crippen molar-refractivity contribution in [3.05, 3.63) is 0 Å². The summed E-state index contributed by atoms with van der Waals surface area (Å²) >= 11 is 6.16. The Bertz CT molecular complexity index is 193. The second-order valence-corrected chi connectivity index (χ2v) is 6.87. The minimum atomic E-state index is 0.277. The van der Waals surface area contributed by atoms with Gasteiger partial charge in [0, 0.05) is 11.4 Å². The van der Waals surface area contributed by atoms with Gasteiger partial charge in [-0.15, -0.1) is 11.6 Å². The summed E-state index contributed by atoms with van der Waals surface area (Å²) in [7, 11) is 0. The lowest BCUT2D eigenvalue weighted by atomic mass is 9.66. The van der Waals surface area contributed by atoms with Crippen LogP contribution in [-0.4, -0.2) is 18.0 Å². The van der Waals surface area contributed by atoms with Crippen molar-refractivity contribution >= 4 is 11.6 Å². The normalized spacial score (nSPS) is 31.3. The number of alkyl halides is 1. The van der Waals surface area contributed by atoms with Gasteiger partial charge < -0.3 is 5.32 Å². The standard InChI is InChI=1S/C12H24ClN/c1-11(2,3)6-7-14-10-8-9(13)12(10,4)5/h9-10,14H,6-8H2,1-5H3. The number of hydrogen-bond donors (Lipinski definition) is 1. The van der Waals surface area contributed by atoms with Gasteiger partial charge in [0.1, 0.15) is 0 Å². The third-order valence-electron chi connectivity index (χ3n) is 3.41. The zero-order chi connectivity index (χ0) is 11.0. The molecule has 0 heterocycles. The Morgan fingerprint density at radius 3 is 2.29 bits per heavy atom. The molecule has 0 aromatic heterocycles. The van der Waals surface area contributed by atoms with Gasteiger partial charge in [0.15, 0.2) is 0 Å². The van der Waals surface area contributed by atoms with Crippen molar-refractivity contribution < 1.29 is 0 Å². The van der Waals surface area contributed by atoms with E-state index in [1.807, 2.05) is 0 Å². The molecule has 0 aromatic carbocycles. The number of hydrogen-bond acceptors (Lipinski definition) is 1. The first-order chi connectivity index (χ1) is 6.23. The van der Waals surface area contributed by atoms with Crippen molar-refractivity contribution in [1.29, 1.82) is 0 Å². The van der Waals surface area contributed by atoms with E-state index in [4.69, 9.17) is 11.6 Å². The maximum atomic E-state index is 6.16. The summed E-state index contributed by atoms with van der Waals surface area (Å²) in [5.41, 5.74) is 0.709. The van der Waals surface area contributed by atoms with Crippen LogP contribution in [-0.2, 0) is 0 Å². The van der Waals surface area contributed by atoms with Crippen LogP contribution < -0.4 is 5.32 Å². The van der Waals surface area contributed by atoms with Crippen molar-refractivity contribution in [2.24, 2.45) is 10.8 Å². The molecule has 0 spiro atoms. The van der Waals surface area contributed by atoms with Crippen LogP contribution in [0.2, 0.25) is 0 Å². The molecule has 0 aromatic rings. The lowest BCUT2D eigenvalue weighted by molar-refractivity contribution is 0.114. The molecule has 84 valence electrons. The molecule has 1 N–H and O–H groups in total. The number of rotatable bonds is 3. The highest BCUT2D eigenvalue weighted by Crippen LogP contribution is 2.44. The Hall–Kier alpha value is 0.250. The largest absolute Gasteiger partial charge is 0.313 e. The highest BCUT2D eigenvalue weighted by molar-refractivity contribution is 6.21. The Kier molecular flexibility index (Phi) is 3.53. The molecule has 2 heteroatoms.